The Hall–Kier alpha value is -0.570. The van der Waals surface area contributed by atoms with E-state index in [1.54, 1.807) is 12.1 Å². The van der Waals surface area contributed by atoms with Crippen molar-refractivity contribution in [3.8, 4) is 5.75 Å². The van der Waals surface area contributed by atoms with Crippen LogP contribution in [0.25, 0.3) is 0 Å². The van der Waals surface area contributed by atoms with E-state index in [1.165, 1.54) is 7.11 Å². The number of hydrogen-bond acceptors (Lipinski definition) is 1. The first-order chi connectivity index (χ1) is 7.13. The van der Waals surface area contributed by atoms with Crippen LogP contribution in [0.3, 0.4) is 0 Å². The predicted octanol–water partition coefficient (Wildman–Crippen LogP) is 3.94. The average molecular weight is 275 g/mol. The zero-order chi connectivity index (χ0) is 11.3. The molecule has 3 heteroatoms. The highest BCUT2D eigenvalue weighted by molar-refractivity contribution is 9.09. The molecule has 1 aromatic carbocycles. The van der Waals surface area contributed by atoms with Crippen molar-refractivity contribution >= 4 is 15.9 Å². The van der Waals surface area contributed by atoms with E-state index in [0.717, 1.165) is 24.8 Å². The van der Waals surface area contributed by atoms with Crippen LogP contribution in [0.15, 0.2) is 18.2 Å². The highest BCUT2D eigenvalue weighted by atomic mass is 79.9. The van der Waals surface area contributed by atoms with Gasteiger partial charge in [0.15, 0.2) is 11.6 Å². The summed E-state index contributed by atoms with van der Waals surface area (Å²) in [5, 5.41) is 0. The molecule has 0 N–H and O–H groups in total. The van der Waals surface area contributed by atoms with E-state index in [4.69, 9.17) is 4.74 Å². The second-order valence-electron chi connectivity index (χ2n) is 3.64. The summed E-state index contributed by atoms with van der Waals surface area (Å²) in [5.74, 6) is 0.0366. The number of alkyl halides is 1. The fourth-order valence-corrected chi connectivity index (χ4v) is 1.78. The van der Waals surface area contributed by atoms with Gasteiger partial charge in [-0.1, -0.05) is 28.9 Å². The lowest BCUT2D eigenvalue weighted by Crippen LogP contribution is -1.94. The lowest BCUT2D eigenvalue weighted by atomic mass is 10.1. The molecule has 0 radical (unpaired) electrons. The maximum absolute atomic E-state index is 13.3. The number of methoxy groups -OCH3 is 1. The standard InChI is InChI=1S/C12H16BrFO/c1-9(13)4-3-5-10-6-7-12(15-2)11(14)8-10/h6-9H,3-5H2,1-2H3. The van der Waals surface area contributed by atoms with Crippen molar-refractivity contribution in [2.75, 3.05) is 7.11 Å². The van der Waals surface area contributed by atoms with Gasteiger partial charge in [-0.2, -0.15) is 0 Å². The van der Waals surface area contributed by atoms with Crippen LogP contribution >= 0.6 is 15.9 Å². The molecule has 84 valence electrons. The van der Waals surface area contributed by atoms with Gasteiger partial charge < -0.3 is 4.74 Å². The zero-order valence-corrected chi connectivity index (χ0v) is 10.7. The molecule has 0 aliphatic carbocycles. The topological polar surface area (TPSA) is 9.23 Å². The molecule has 15 heavy (non-hydrogen) atoms. The zero-order valence-electron chi connectivity index (χ0n) is 9.09. The molecule has 1 aromatic rings. The van der Waals surface area contributed by atoms with Crippen LogP contribution in [-0.4, -0.2) is 11.9 Å². The van der Waals surface area contributed by atoms with Crippen molar-refractivity contribution in [1.82, 2.24) is 0 Å². The Kier molecular flexibility index (Phi) is 5.09. The quantitative estimate of drug-likeness (QED) is 0.739. The number of rotatable bonds is 5. The molecule has 0 fully saturated rings. The second-order valence-corrected chi connectivity index (χ2v) is 5.21. The third-order valence-electron chi connectivity index (χ3n) is 2.28. The van der Waals surface area contributed by atoms with Gasteiger partial charge in [0.1, 0.15) is 0 Å². The molecule has 0 saturated carbocycles. The third kappa shape index (κ3) is 4.20. The molecule has 1 atom stereocenters. The lowest BCUT2D eigenvalue weighted by molar-refractivity contribution is 0.386. The number of aryl methyl sites for hydroxylation is 1. The highest BCUT2D eigenvalue weighted by Gasteiger charge is 2.03. The molecule has 0 aliphatic heterocycles. The van der Waals surface area contributed by atoms with Crippen LogP contribution in [0.1, 0.15) is 25.3 Å². The predicted molar refractivity (Wildman–Crippen MR) is 64.3 cm³/mol. The average Bonchev–Trinajstić information content (AvgIpc) is 2.17. The summed E-state index contributed by atoms with van der Waals surface area (Å²) >= 11 is 3.49. The van der Waals surface area contributed by atoms with Crippen molar-refractivity contribution in [2.24, 2.45) is 0 Å². The Morgan fingerprint density at radius 1 is 1.47 bits per heavy atom. The number of hydrogen-bond donors (Lipinski definition) is 0. The van der Waals surface area contributed by atoms with E-state index in [-0.39, 0.29) is 5.82 Å². The Bertz CT molecular complexity index is 312. The lowest BCUT2D eigenvalue weighted by Gasteiger charge is -2.06. The first kappa shape index (κ1) is 12.5. The van der Waals surface area contributed by atoms with Crippen molar-refractivity contribution in [3.05, 3.63) is 29.6 Å². The minimum absolute atomic E-state index is 0.276. The van der Waals surface area contributed by atoms with Crippen LogP contribution in [0.4, 0.5) is 4.39 Å². The van der Waals surface area contributed by atoms with Gasteiger partial charge in [0.2, 0.25) is 0 Å². The molecule has 1 unspecified atom stereocenters. The maximum atomic E-state index is 13.3. The summed E-state index contributed by atoms with van der Waals surface area (Å²) < 4.78 is 18.2. The molecule has 0 aromatic heterocycles. The van der Waals surface area contributed by atoms with Crippen molar-refractivity contribution in [1.29, 1.82) is 0 Å². The molecule has 0 spiro atoms. The Labute approximate surface area is 98.8 Å². The molecular formula is C12H16BrFO. The van der Waals surface area contributed by atoms with Crippen molar-refractivity contribution < 1.29 is 9.13 Å². The molecule has 0 saturated heterocycles. The summed E-state index contributed by atoms with van der Waals surface area (Å²) in [5.41, 5.74) is 1.03. The van der Waals surface area contributed by atoms with Gasteiger partial charge in [-0.05, 0) is 37.0 Å². The van der Waals surface area contributed by atoms with Gasteiger partial charge in [-0.15, -0.1) is 0 Å². The van der Waals surface area contributed by atoms with Crippen LogP contribution in [0, 0.1) is 5.82 Å². The van der Waals surface area contributed by atoms with E-state index < -0.39 is 0 Å². The highest BCUT2D eigenvalue weighted by Crippen LogP contribution is 2.19. The maximum Gasteiger partial charge on any atom is 0.165 e. The minimum atomic E-state index is -0.276. The summed E-state index contributed by atoms with van der Waals surface area (Å²) in [6.07, 6.45) is 3.09. The van der Waals surface area contributed by atoms with Gasteiger partial charge in [0.25, 0.3) is 0 Å². The van der Waals surface area contributed by atoms with Crippen molar-refractivity contribution in [2.45, 2.75) is 31.0 Å². The molecule has 0 heterocycles. The van der Waals surface area contributed by atoms with E-state index in [1.807, 2.05) is 6.07 Å². The largest absolute Gasteiger partial charge is 0.494 e. The summed E-state index contributed by atoms with van der Waals surface area (Å²) in [7, 11) is 1.48. The van der Waals surface area contributed by atoms with Gasteiger partial charge in [-0.3, -0.25) is 0 Å². The Morgan fingerprint density at radius 2 is 2.20 bits per heavy atom. The van der Waals surface area contributed by atoms with E-state index >= 15 is 0 Å². The van der Waals surface area contributed by atoms with Gasteiger partial charge in [-0.25, -0.2) is 4.39 Å². The number of benzene rings is 1. The molecule has 0 amide bonds. The molecular weight excluding hydrogens is 259 g/mol. The molecule has 0 bridgehead atoms. The van der Waals surface area contributed by atoms with Crippen LogP contribution in [0.2, 0.25) is 0 Å². The van der Waals surface area contributed by atoms with Gasteiger partial charge in [0.05, 0.1) is 7.11 Å². The summed E-state index contributed by atoms with van der Waals surface area (Å²) in [6, 6.07) is 5.15. The summed E-state index contributed by atoms with van der Waals surface area (Å²) in [4.78, 5) is 0.528. The molecule has 1 rings (SSSR count). The SMILES string of the molecule is COc1ccc(CCCC(C)Br)cc1F. The Morgan fingerprint density at radius 3 is 2.73 bits per heavy atom. The van der Waals surface area contributed by atoms with Crippen LogP contribution < -0.4 is 4.74 Å². The van der Waals surface area contributed by atoms with Crippen LogP contribution in [0.5, 0.6) is 5.75 Å². The molecule has 0 aliphatic rings. The van der Waals surface area contributed by atoms with Gasteiger partial charge in [0, 0.05) is 4.83 Å². The monoisotopic (exact) mass is 274 g/mol. The van der Waals surface area contributed by atoms with E-state index in [0.29, 0.717) is 10.6 Å². The smallest absolute Gasteiger partial charge is 0.165 e. The number of halogens is 2. The summed E-state index contributed by atoms with van der Waals surface area (Å²) in [6.45, 7) is 2.12. The van der Waals surface area contributed by atoms with E-state index in [9.17, 15) is 4.39 Å². The van der Waals surface area contributed by atoms with Gasteiger partial charge >= 0.3 is 0 Å². The first-order valence-corrected chi connectivity index (χ1v) is 6.01. The van der Waals surface area contributed by atoms with Crippen molar-refractivity contribution in [3.63, 3.8) is 0 Å². The third-order valence-corrected chi connectivity index (χ3v) is 2.74. The van der Waals surface area contributed by atoms with Crippen LogP contribution in [-0.2, 0) is 6.42 Å². The van der Waals surface area contributed by atoms with E-state index in [2.05, 4.69) is 22.9 Å². The number of ether oxygens (including phenoxy) is 1. The Balaban J connectivity index is 2.52. The fourth-order valence-electron chi connectivity index (χ4n) is 1.45. The first-order valence-electron chi connectivity index (χ1n) is 5.10. The fraction of sp³-hybridized carbons (Fsp3) is 0.500. The minimum Gasteiger partial charge on any atom is -0.494 e. The molecule has 1 nitrogen and oxygen atoms in total. The normalized spacial score (nSPS) is 12.5. The second kappa shape index (κ2) is 6.11.